The quantitative estimate of drug-likeness (QED) is 0.905. The Morgan fingerprint density at radius 1 is 1.13 bits per heavy atom. The number of sulfonamides is 1. The summed E-state index contributed by atoms with van der Waals surface area (Å²) in [6.45, 7) is 1.93. The van der Waals surface area contributed by atoms with E-state index in [1.807, 2.05) is 25.1 Å². The highest BCUT2D eigenvalue weighted by molar-refractivity contribution is 7.91. The van der Waals surface area contributed by atoms with Crippen LogP contribution in [0.4, 0.5) is 11.4 Å². The fourth-order valence-corrected chi connectivity index (χ4v) is 3.86. The number of hydrogen-bond donors (Lipinski definition) is 2. The predicted octanol–water partition coefficient (Wildman–Crippen LogP) is 2.82. The van der Waals surface area contributed by atoms with Gasteiger partial charge in [0.15, 0.2) is 0 Å². The van der Waals surface area contributed by atoms with Crippen molar-refractivity contribution in [1.82, 2.24) is 0 Å². The third-order valence-electron chi connectivity index (χ3n) is 3.71. The number of carbonyl (C=O) groups is 1. The van der Waals surface area contributed by atoms with Crippen molar-refractivity contribution in [1.29, 1.82) is 0 Å². The van der Waals surface area contributed by atoms with E-state index in [1.54, 1.807) is 24.3 Å². The first-order valence-electron chi connectivity index (χ1n) is 7.40. The summed E-state index contributed by atoms with van der Waals surface area (Å²) in [4.78, 5) is 11.3. The van der Waals surface area contributed by atoms with E-state index in [0.717, 1.165) is 22.4 Å². The van der Waals surface area contributed by atoms with Gasteiger partial charge in [0.2, 0.25) is 15.9 Å². The van der Waals surface area contributed by atoms with E-state index >= 15 is 0 Å². The minimum atomic E-state index is -3.48. The molecule has 6 heteroatoms. The van der Waals surface area contributed by atoms with Crippen molar-refractivity contribution in [2.24, 2.45) is 0 Å². The molecule has 0 radical (unpaired) electrons. The van der Waals surface area contributed by atoms with Gasteiger partial charge in [0, 0.05) is 17.8 Å². The average Bonchev–Trinajstić information content (AvgIpc) is 2.46. The van der Waals surface area contributed by atoms with Crippen LogP contribution in [0.25, 0.3) is 0 Å². The monoisotopic (exact) mass is 330 g/mol. The number of fused-ring (bicyclic) bond motifs is 1. The number of hydrogen-bond acceptors (Lipinski definition) is 3. The van der Waals surface area contributed by atoms with Crippen LogP contribution in [0.5, 0.6) is 0 Å². The van der Waals surface area contributed by atoms with E-state index in [-0.39, 0.29) is 11.7 Å². The standard InChI is InChI=1S/C17H18N2O3S/c1-12-3-2-4-13(9-12)11-23(21,22)19-15-6-7-16-14(10-15)5-8-17(20)18-16/h2-4,6-7,9-10,19H,5,8,11H2,1H3,(H,18,20). The molecule has 0 aliphatic carbocycles. The van der Waals surface area contributed by atoms with Crippen molar-refractivity contribution in [3.8, 4) is 0 Å². The third kappa shape index (κ3) is 3.90. The van der Waals surface area contributed by atoms with Gasteiger partial charge in [-0.1, -0.05) is 29.8 Å². The van der Waals surface area contributed by atoms with Gasteiger partial charge in [0.05, 0.1) is 5.75 Å². The van der Waals surface area contributed by atoms with Crippen LogP contribution in [0, 0.1) is 6.92 Å². The maximum absolute atomic E-state index is 12.3. The van der Waals surface area contributed by atoms with Gasteiger partial charge in [-0.15, -0.1) is 0 Å². The minimum Gasteiger partial charge on any atom is -0.326 e. The zero-order valence-corrected chi connectivity index (χ0v) is 13.6. The molecule has 2 aromatic carbocycles. The normalized spacial score (nSPS) is 14.0. The van der Waals surface area contributed by atoms with Gasteiger partial charge in [-0.3, -0.25) is 9.52 Å². The zero-order valence-electron chi connectivity index (χ0n) is 12.8. The Hall–Kier alpha value is -2.34. The van der Waals surface area contributed by atoms with Crippen LogP contribution < -0.4 is 10.0 Å². The first kappa shape index (κ1) is 15.6. The van der Waals surface area contributed by atoms with Gasteiger partial charge in [-0.2, -0.15) is 0 Å². The molecule has 120 valence electrons. The van der Waals surface area contributed by atoms with Gasteiger partial charge >= 0.3 is 0 Å². The van der Waals surface area contributed by atoms with Gasteiger partial charge in [0.25, 0.3) is 0 Å². The molecule has 5 nitrogen and oxygen atoms in total. The Bertz CT molecular complexity index is 860. The van der Waals surface area contributed by atoms with Crippen LogP contribution in [-0.4, -0.2) is 14.3 Å². The fourth-order valence-electron chi connectivity index (χ4n) is 2.68. The molecule has 0 bridgehead atoms. The second-order valence-corrected chi connectivity index (χ2v) is 7.49. The summed E-state index contributed by atoms with van der Waals surface area (Å²) in [5.74, 6) is -0.0760. The summed E-state index contributed by atoms with van der Waals surface area (Å²) in [6.07, 6.45) is 1.04. The van der Waals surface area contributed by atoms with Crippen molar-refractivity contribution in [3.63, 3.8) is 0 Å². The molecule has 0 aromatic heterocycles. The summed E-state index contributed by atoms with van der Waals surface area (Å²) in [5.41, 5.74) is 4.00. The van der Waals surface area contributed by atoms with E-state index in [9.17, 15) is 13.2 Å². The molecule has 3 rings (SSSR count). The van der Waals surface area contributed by atoms with Crippen molar-refractivity contribution < 1.29 is 13.2 Å². The molecular formula is C17H18N2O3S. The number of carbonyl (C=O) groups excluding carboxylic acids is 1. The fraction of sp³-hybridized carbons (Fsp3) is 0.235. The highest BCUT2D eigenvalue weighted by Gasteiger charge is 2.17. The van der Waals surface area contributed by atoms with Crippen LogP contribution in [-0.2, 0) is 27.0 Å². The number of benzene rings is 2. The Balaban J connectivity index is 1.77. The Kier molecular flexibility index (Phi) is 4.09. The second kappa shape index (κ2) is 6.04. The molecule has 0 saturated heterocycles. The first-order valence-corrected chi connectivity index (χ1v) is 9.05. The minimum absolute atomic E-state index is 0.00900. The van der Waals surface area contributed by atoms with Gasteiger partial charge in [-0.05, 0) is 42.7 Å². The number of rotatable bonds is 4. The van der Waals surface area contributed by atoms with Crippen LogP contribution in [0.2, 0.25) is 0 Å². The first-order chi connectivity index (χ1) is 10.9. The van der Waals surface area contributed by atoms with Gasteiger partial charge in [0.1, 0.15) is 0 Å². The summed E-state index contributed by atoms with van der Waals surface area (Å²) in [5, 5.41) is 2.78. The third-order valence-corrected chi connectivity index (χ3v) is 4.97. The Morgan fingerprint density at radius 3 is 2.74 bits per heavy atom. The van der Waals surface area contributed by atoms with Crippen molar-refractivity contribution >= 4 is 27.3 Å². The van der Waals surface area contributed by atoms with Crippen LogP contribution in [0.1, 0.15) is 23.1 Å². The molecule has 1 heterocycles. The molecular weight excluding hydrogens is 312 g/mol. The topological polar surface area (TPSA) is 75.3 Å². The molecule has 0 unspecified atom stereocenters. The highest BCUT2D eigenvalue weighted by atomic mass is 32.2. The van der Waals surface area contributed by atoms with E-state index in [0.29, 0.717) is 18.5 Å². The lowest BCUT2D eigenvalue weighted by molar-refractivity contribution is -0.116. The van der Waals surface area contributed by atoms with Crippen LogP contribution in [0.15, 0.2) is 42.5 Å². The highest BCUT2D eigenvalue weighted by Crippen LogP contribution is 2.26. The lowest BCUT2D eigenvalue weighted by atomic mass is 10.0. The number of nitrogens with one attached hydrogen (secondary N) is 2. The number of amides is 1. The van der Waals surface area contributed by atoms with Crippen LogP contribution >= 0.6 is 0 Å². The zero-order chi connectivity index (χ0) is 16.4. The summed E-state index contributed by atoms with van der Waals surface area (Å²) < 4.78 is 27.2. The molecule has 0 fully saturated rings. The lowest BCUT2D eigenvalue weighted by Gasteiger charge is -2.18. The van der Waals surface area contributed by atoms with E-state index < -0.39 is 10.0 Å². The van der Waals surface area contributed by atoms with E-state index in [2.05, 4.69) is 10.0 Å². The van der Waals surface area contributed by atoms with Gasteiger partial charge < -0.3 is 5.32 Å². The van der Waals surface area contributed by atoms with Crippen molar-refractivity contribution in [3.05, 3.63) is 59.2 Å². The summed E-state index contributed by atoms with van der Waals surface area (Å²) in [7, 11) is -3.48. The van der Waals surface area contributed by atoms with Crippen molar-refractivity contribution in [2.75, 3.05) is 10.0 Å². The van der Waals surface area contributed by atoms with Crippen molar-refractivity contribution in [2.45, 2.75) is 25.5 Å². The molecule has 23 heavy (non-hydrogen) atoms. The number of aryl methyl sites for hydroxylation is 2. The largest absolute Gasteiger partial charge is 0.326 e. The molecule has 2 N–H and O–H groups in total. The Morgan fingerprint density at radius 2 is 1.96 bits per heavy atom. The average molecular weight is 330 g/mol. The summed E-state index contributed by atoms with van der Waals surface area (Å²) in [6, 6.07) is 12.6. The van der Waals surface area contributed by atoms with E-state index in [4.69, 9.17) is 0 Å². The lowest BCUT2D eigenvalue weighted by Crippen LogP contribution is -2.20. The van der Waals surface area contributed by atoms with E-state index in [1.165, 1.54) is 0 Å². The number of anilines is 2. The smallest absolute Gasteiger partial charge is 0.236 e. The molecule has 0 atom stereocenters. The molecule has 0 saturated carbocycles. The maximum atomic E-state index is 12.3. The Labute approximate surface area is 135 Å². The molecule has 1 aliphatic rings. The SMILES string of the molecule is Cc1cccc(CS(=O)(=O)Nc2ccc3c(c2)CCC(=O)N3)c1. The molecule has 0 spiro atoms. The van der Waals surface area contributed by atoms with Gasteiger partial charge in [-0.25, -0.2) is 8.42 Å². The predicted molar refractivity (Wildman–Crippen MR) is 90.8 cm³/mol. The molecule has 2 aromatic rings. The maximum Gasteiger partial charge on any atom is 0.236 e. The second-order valence-electron chi connectivity index (χ2n) is 5.77. The summed E-state index contributed by atoms with van der Waals surface area (Å²) >= 11 is 0. The molecule has 1 aliphatic heterocycles. The van der Waals surface area contributed by atoms with Crippen LogP contribution in [0.3, 0.4) is 0 Å². The molecule has 1 amide bonds.